The maximum absolute atomic E-state index is 14.4. The minimum absolute atomic E-state index is 0.0827. The van der Waals surface area contributed by atoms with Crippen LogP contribution in [0.5, 0.6) is 0 Å². The molecule has 6 nitrogen and oxygen atoms in total. The van der Waals surface area contributed by atoms with Crippen molar-refractivity contribution in [1.29, 1.82) is 5.26 Å². The zero-order valence-corrected chi connectivity index (χ0v) is 24.3. The first kappa shape index (κ1) is 27.1. The summed E-state index contributed by atoms with van der Waals surface area (Å²) in [7, 11) is 0. The SMILES string of the molecule is N#Cc1ccc(-c2ccc3nc(NCc4cccc5ccccc45)cc(C(=O)N4CCC[C@H]4CN4CCCC4)c3c2)cc1. The molecule has 0 saturated carbocycles. The Balaban J connectivity index is 1.25. The number of amides is 1. The molecule has 6 heteroatoms. The van der Waals surface area contributed by atoms with E-state index in [9.17, 15) is 10.1 Å². The van der Waals surface area contributed by atoms with Gasteiger partial charge in [-0.15, -0.1) is 0 Å². The van der Waals surface area contributed by atoms with Crippen molar-refractivity contribution < 1.29 is 4.79 Å². The predicted molar refractivity (Wildman–Crippen MR) is 173 cm³/mol. The van der Waals surface area contributed by atoms with Gasteiger partial charge in [-0.3, -0.25) is 4.79 Å². The van der Waals surface area contributed by atoms with E-state index in [1.807, 2.05) is 42.5 Å². The molecule has 2 fully saturated rings. The summed E-state index contributed by atoms with van der Waals surface area (Å²) < 4.78 is 0. The minimum Gasteiger partial charge on any atom is -0.366 e. The molecular formula is C37H35N5O. The quantitative estimate of drug-likeness (QED) is 0.225. The first-order valence-electron chi connectivity index (χ1n) is 15.4. The van der Waals surface area contributed by atoms with Crippen molar-refractivity contribution in [2.24, 2.45) is 0 Å². The van der Waals surface area contributed by atoms with Crippen LogP contribution in [0.25, 0.3) is 32.8 Å². The summed E-state index contributed by atoms with van der Waals surface area (Å²) in [5.41, 5.74) is 5.30. The summed E-state index contributed by atoms with van der Waals surface area (Å²) in [6.45, 7) is 4.62. The van der Waals surface area contributed by atoms with E-state index < -0.39 is 0 Å². The third-order valence-corrected chi connectivity index (χ3v) is 9.03. The first-order valence-corrected chi connectivity index (χ1v) is 15.4. The molecular weight excluding hydrogens is 530 g/mol. The Morgan fingerprint density at radius 2 is 1.65 bits per heavy atom. The highest BCUT2D eigenvalue weighted by Crippen LogP contribution is 2.31. The highest BCUT2D eigenvalue weighted by molar-refractivity contribution is 6.08. The van der Waals surface area contributed by atoms with Crippen molar-refractivity contribution in [3.63, 3.8) is 0 Å². The number of rotatable bonds is 7. The molecule has 2 aliphatic rings. The van der Waals surface area contributed by atoms with E-state index in [1.54, 1.807) is 0 Å². The molecule has 43 heavy (non-hydrogen) atoms. The van der Waals surface area contributed by atoms with Crippen molar-refractivity contribution in [2.75, 3.05) is 31.5 Å². The normalized spacial score (nSPS) is 17.0. The van der Waals surface area contributed by atoms with Crippen LogP contribution < -0.4 is 5.32 Å². The number of nitrogens with one attached hydrogen (secondary N) is 1. The van der Waals surface area contributed by atoms with E-state index in [-0.39, 0.29) is 11.9 Å². The Labute approximate surface area is 252 Å². The molecule has 1 aromatic heterocycles. The molecule has 0 aliphatic carbocycles. The van der Waals surface area contributed by atoms with Crippen LogP contribution in [0.1, 0.15) is 47.2 Å². The summed E-state index contributed by atoms with van der Waals surface area (Å²) in [4.78, 5) is 24.0. The van der Waals surface area contributed by atoms with E-state index in [2.05, 4.69) is 69.7 Å². The number of carbonyl (C=O) groups excluding carboxylic acids is 1. The molecule has 214 valence electrons. The Bertz CT molecular complexity index is 1830. The number of fused-ring (bicyclic) bond motifs is 2. The van der Waals surface area contributed by atoms with Gasteiger partial charge in [0.25, 0.3) is 5.91 Å². The molecule has 0 bridgehead atoms. The smallest absolute Gasteiger partial charge is 0.254 e. The van der Waals surface area contributed by atoms with Crippen LogP contribution in [-0.4, -0.2) is 52.9 Å². The van der Waals surface area contributed by atoms with Crippen LogP contribution in [0.3, 0.4) is 0 Å². The van der Waals surface area contributed by atoms with Gasteiger partial charge in [0.2, 0.25) is 0 Å². The highest BCUT2D eigenvalue weighted by atomic mass is 16.2. The molecule has 2 saturated heterocycles. The van der Waals surface area contributed by atoms with Crippen LogP contribution in [-0.2, 0) is 6.54 Å². The third kappa shape index (κ3) is 5.57. The molecule has 7 rings (SSSR count). The van der Waals surface area contributed by atoms with Gasteiger partial charge in [0, 0.05) is 31.1 Å². The van der Waals surface area contributed by atoms with E-state index in [1.165, 1.54) is 29.2 Å². The summed E-state index contributed by atoms with van der Waals surface area (Å²) >= 11 is 0. The van der Waals surface area contributed by atoms with Gasteiger partial charge in [0.15, 0.2) is 0 Å². The number of carbonyl (C=O) groups is 1. The zero-order chi connectivity index (χ0) is 29.2. The van der Waals surface area contributed by atoms with Crippen molar-refractivity contribution in [1.82, 2.24) is 14.8 Å². The second kappa shape index (κ2) is 11.9. The Hall–Kier alpha value is -4.73. The van der Waals surface area contributed by atoms with Gasteiger partial charge in [-0.2, -0.15) is 5.26 Å². The number of nitriles is 1. The van der Waals surface area contributed by atoms with Crippen LogP contribution in [0, 0.1) is 11.3 Å². The van der Waals surface area contributed by atoms with Crippen LogP contribution in [0.4, 0.5) is 5.82 Å². The fourth-order valence-electron chi connectivity index (χ4n) is 6.75. The van der Waals surface area contributed by atoms with E-state index >= 15 is 0 Å². The number of anilines is 1. The summed E-state index contributed by atoms with van der Waals surface area (Å²) in [5.74, 6) is 0.782. The molecule has 0 unspecified atom stereocenters. The number of likely N-dealkylation sites (tertiary alicyclic amines) is 2. The standard InChI is InChI=1S/C37H35N5O/c38-23-26-12-14-27(15-13-26)29-16-17-35-33(21-29)34(37(43)42-20-6-10-31(42)25-41-18-3-4-19-41)22-36(40-35)39-24-30-9-5-8-28-7-1-2-11-32(28)30/h1-2,5,7-9,11-17,21-22,31H,3-4,6,10,18-20,24-25H2,(H,39,40)/t31-/m0/s1. The molecule has 4 aromatic carbocycles. The second-order valence-electron chi connectivity index (χ2n) is 11.8. The van der Waals surface area contributed by atoms with Crippen LogP contribution in [0.15, 0.2) is 91.0 Å². The summed E-state index contributed by atoms with van der Waals surface area (Å²) in [6.07, 6.45) is 4.59. The molecule has 5 aromatic rings. The lowest BCUT2D eigenvalue weighted by Crippen LogP contribution is -2.42. The second-order valence-corrected chi connectivity index (χ2v) is 11.8. The lowest BCUT2D eigenvalue weighted by Gasteiger charge is -2.29. The Kier molecular flexibility index (Phi) is 7.49. The molecule has 1 amide bonds. The third-order valence-electron chi connectivity index (χ3n) is 9.03. The molecule has 1 N–H and O–H groups in total. The molecule has 3 heterocycles. The van der Waals surface area contributed by atoms with Crippen LogP contribution >= 0.6 is 0 Å². The molecule has 0 radical (unpaired) electrons. The first-order chi connectivity index (χ1) is 21.2. The number of hydrogen-bond donors (Lipinski definition) is 1. The topological polar surface area (TPSA) is 72.3 Å². The van der Waals surface area contributed by atoms with Gasteiger partial charge in [-0.1, -0.05) is 60.7 Å². The van der Waals surface area contributed by atoms with Gasteiger partial charge in [-0.25, -0.2) is 4.98 Å². The van der Waals surface area contributed by atoms with Crippen LogP contribution in [0.2, 0.25) is 0 Å². The van der Waals surface area contributed by atoms with Gasteiger partial charge < -0.3 is 15.1 Å². The summed E-state index contributed by atoms with van der Waals surface area (Å²) in [5, 5.41) is 16.1. The fourth-order valence-corrected chi connectivity index (χ4v) is 6.75. The number of nitrogens with zero attached hydrogens (tertiary/aromatic N) is 4. The number of hydrogen-bond acceptors (Lipinski definition) is 5. The monoisotopic (exact) mass is 565 g/mol. The zero-order valence-electron chi connectivity index (χ0n) is 24.3. The number of benzene rings is 4. The maximum atomic E-state index is 14.4. The van der Waals surface area contributed by atoms with Gasteiger partial charge >= 0.3 is 0 Å². The largest absolute Gasteiger partial charge is 0.366 e. The van der Waals surface area contributed by atoms with E-state index in [0.717, 1.165) is 61.1 Å². The average molecular weight is 566 g/mol. The van der Waals surface area contributed by atoms with Gasteiger partial charge in [0.05, 0.1) is 22.7 Å². The Morgan fingerprint density at radius 3 is 2.49 bits per heavy atom. The van der Waals surface area contributed by atoms with Crippen molar-refractivity contribution in [2.45, 2.75) is 38.3 Å². The lowest BCUT2D eigenvalue weighted by atomic mass is 9.99. The van der Waals surface area contributed by atoms with Crippen molar-refractivity contribution in [3.8, 4) is 17.2 Å². The maximum Gasteiger partial charge on any atom is 0.254 e. The Morgan fingerprint density at radius 1 is 0.860 bits per heavy atom. The summed E-state index contributed by atoms with van der Waals surface area (Å²) in [6, 6.07) is 32.8. The minimum atomic E-state index is 0.0827. The number of pyridine rings is 1. The van der Waals surface area contributed by atoms with Crippen molar-refractivity contribution >= 4 is 33.4 Å². The fraction of sp³-hybridized carbons (Fsp3) is 0.270. The van der Waals surface area contributed by atoms with Gasteiger partial charge in [0.1, 0.15) is 5.82 Å². The molecule has 1 atom stereocenters. The predicted octanol–water partition coefficient (Wildman–Crippen LogP) is 7.24. The molecule has 2 aliphatic heterocycles. The van der Waals surface area contributed by atoms with Gasteiger partial charge in [-0.05, 0) is 96.6 Å². The average Bonchev–Trinajstić information content (AvgIpc) is 3.75. The highest BCUT2D eigenvalue weighted by Gasteiger charge is 2.32. The van der Waals surface area contributed by atoms with Crippen molar-refractivity contribution in [3.05, 3.63) is 108 Å². The number of aromatic nitrogens is 1. The van der Waals surface area contributed by atoms with E-state index in [4.69, 9.17) is 4.98 Å². The lowest BCUT2D eigenvalue weighted by molar-refractivity contribution is 0.0710. The molecule has 0 spiro atoms. The van der Waals surface area contributed by atoms with E-state index in [0.29, 0.717) is 23.5 Å².